The fourth-order valence-electron chi connectivity index (χ4n) is 2.51. The van der Waals surface area contributed by atoms with Gasteiger partial charge < -0.3 is 10.4 Å². The van der Waals surface area contributed by atoms with Crippen LogP contribution in [0.3, 0.4) is 0 Å². The molecule has 6 heteroatoms. The van der Waals surface area contributed by atoms with E-state index in [0.717, 1.165) is 42.6 Å². The molecule has 0 saturated carbocycles. The van der Waals surface area contributed by atoms with Crippen LogP contribution in [0.2, 0.25) is 0 Å². The number of aryl methyl sites for hydroxylation is 3. The minimum atomic E-state index is -0.961. The highest BCUT2D eigenvalue weighted by molar-refractivity contribution is 5.94. The van der Waals surface area contributed by atoms with E-state index in [0.29, 0.717) is 5.82 Å². The third-order valence-electron chi connectivity index (χ3n) is 3.50. The molecule has 0 aliphatic heterocycles. The van der Waals surface area contributed by atoms with Gasteiger partial charge in [-0.15, -0.1) is 0 Å². The summed E-state index contributed by atoms with van der Waals surface area (Å²) < 4.78 is 1.65. The molecule has 0 atom stereocenters. The predicted molar refractivity (Wildman–Crippen MR) is 74.3 cm³/mol. The molecule has 0 spiro atoms. The van der Waals surface area contributed by atoms with Crippen LogP contribution in [-0.4, -0.2) is 25.8 Å². The van der Waals surface area contributed by atoms with Crippen molar-refractivity contribution in [3.8, 4) is 0 Å². The zero-order valence-corrected chi connectivity index (χ0v) is 11.3. The Morgan fingerprint density at radius 2 is 2.20 bits per heavy atom. The first-order valence-electron chi connectivity index (χ1n) is 6.65. The fraction of sp³-hybridized carbons (Fsp3) is 0.357. The summed E-state index contributed by atoms with van der Waals surface area (Å²) in [5, 5.41) is 16.5. The number of fused-ring (bicyclic) bond motifs is 1. The molecule has 0 amide bonds. The molecule has 2 heterocycles. The van der Waals surface area contributed by atoms with E-state index in [1.165, 1.54) is 0 Å². The Bertz CT molecular complexity index is 663. The summed E-state index contributed by atoms with van der Waals surface area (Å²) in [6.07, 6.45) is 7.47. The van der Waals surface area contributed by atoms with Crippen molar-refractivity contribution in [3.63, 3.8) is 0 Å². The molecule has 2 aromatic rings. The van der Waals surface area contributed by atoms with Gasteiger partial charge in [0.1, 0.15) is 11.4 Å². The number of aromatic carboxylic acids is 1. The lowest BCUT2D eigenvalue weighted by molar-refractivity contribution is 0.0697. The standard InChI is InChI=1S/C14H16N4O2/c1-18-8-10(7-15-18)16-13-11(14(19)20)6-9-4-2-3-5-12(9)17-13/h6-8H,2-5H2,1H3,(H,16,17)(H,19,20). The molecule has 2 aromatic heterocycles. The van der Waals surface area contributed by atoms with Gasteiger partial charge in [0.25, 0.3) is 0 Å². The van der Waals surface area contributed by atoms with Crippen molar-refractivity contribution in [2.75, 3.05) is 5.32 Å². The van der Waals surface area contributed by atoms with Crippen molar-refractivity contribution < 1.29 is 9.90 Å². The Balaban J connectivity index is 2.01. The van der Waals surface area contributed by atoms with Gasteiger partial charge in [-0.05, 0) is 37.3 Å². The molecule has 1 aliphatic carbocycles. The Morgan fingerprint density at radius 1 is 1.40 bits per heavy atom. The Morgan fingerprint density at radius 3 is 2.90 bits per heavy atom. The summed E-state index contributed by atoms with van der Waals surface area (Å²) in [6, 6.07) is 1.75. The molecule has 2 N–H and O–H groups in total. The van der Waals surface area contributed by atoms with Crippen LogP contribution in [0.25, 0.3) is 0 Å². The number of carbonyl (C=O) groups is 1. The second kappa shape index (κ2) is 4.96. The second-order valence-corrected chi connectivity index (χ2v) is 5.03. The van der Waals surface area contributed by atoms with Gasteiger partial charge in [0, 0.05) is 18.9 Å². The molecule has 0 unspecified atom stereocenters. The van der Waals surface area contributed by atoms with E-state index in [1.807, 2.05) is 7.05 Å². The number of pyridine rings is 1. The molecule has 0 fully saturated rings. The smallest absolute Gasteiger partial charge is 0.339 e. The quantitative estimate of drug-likeness (QED) is 0.894. The summed E-state index contributed by atoms with van der Waals surface area (Å²) in [6.45, 7) is 0. The van der Waals surface area contributed by atoms with Crippen LogP contribution in [-0.2, 0) is 19.9 Å². The minimum absolute atomic E-state index is 0.217. The maximum Gasteiger partial charge on any atom is 0.339 e. The number of rotatable bonds is 3. The Labute approximate surface area is 116 Å². The summed E-state index contributed by atoms with van der Waals surface area (Å²) in [7, 11) is 1.81. The van der Waals surface area contributed by atoms with Gasteiger partial charge in [0.15, 0.2) is 0 Å². The second-order valence-electron chi connectivity index (χ2n) is 5.03. The third kappa shape index (κ3) is 2.36. The van der Waals surface area contributed by atoms with Crippen LogP contribution in [0, 0.1) is 0 Å². The maximum atomic E-state index is 11.4. The fourth-order valence-corrected chi connectivity index (χ4v) is 2.51. The van der Waals surface area contributed by atoms with Gasteiger partial charge in [0.2, 0.25) is 0 Å². The number of carboxylic acids is 1. The largest absolute Gasteiger partial charge is 0.478 e. The topological polar surface area (TPSA) is 80.0 Å². The van der Waals surface area contributed by atoms with Crippen molar-refractivity contribution in [1.29, 1.82) is 0 Å². The normalized spacial score (nSPS) is 13.8. The van der Waals surface area contributed by atoms with Crippen molar-refractivity contribution in [2.45, 2.75) is 25.7 Å². The maximum absolute atomic E-state index is 11.4. The highest BCUT2D eigenvalue weighted by Crippen LogP contribution is 2.26. The molecular weight excluding hydrogens is 256 g/mol. The average Bonchev–Trinajstić information content (AvgIpc) is 2.83. The average molecular weight is 272 g/mol. The first-order valence-corrected chi connectivity index (χ1v) is 6.65. The number of carboxylic acid groups (broad SMARTS) is 1. The van der Waals surface area contributed by atoms with Crippen LogP contribution in [0.15, 0.2) is 18.5 Å². The summed E-state index contributed by atoms with van der Waals surface area (Å²) in [5.74, 6) is -0.566. The number of anilines is 2. The van der Waals surface area contributed by atoms with E-state index >= 15 is 0 Å². The highest BCUT2D eigenvalue weighted by atomic mass is 16.4. The zero-order valence-electron chi connectivity index (χ0n) is 11.3. The molecular formula is C14H16N4O2. The third-order valence-corrected chi connectivity index (χ3v) is 3.50. The molecule has 6 nitrogen and oxygen atoms in total. The van der Waals surface area contributed by atoms with Crippen LogP contribution in [0.4, 0.5) is 11.5 Å². The van der Waals surface area contributed by atoms with E-state index in [4.69, 9.17) is 0 Å². The Kier molecular flexibility index (Phi) is 3.14. The van der Waals surface area contributed by atoms with Gasteiger partial charge in [-0.1, -0.05) is 0 Å². The molecule has 3 rings (SSSR count). The Hall–Kier alpha value is -2.37. The SMILES string of the molecule is Cn1cc(Nc2nc3c(cc2C(=O)O)CCCC3)cn1. The summed E-state index contributed by atoms with van der Waals surface area (Å²) >= 11 is 0. The predicted octanol–water partition coefficient (Wildman–Crippen LogP) is 2.14. The zero-order chi connectivity index (χ0) is 14.1. The molecule has 0 bridgehead atoms. The van der Waals surface area contributed by atoms with Gasteiger partial charge in [0.05, 0.1) is 11.9 Å². The number of hydrogen-bond acceptors (Lipinski definition) is 4. The van der Waals surface area contributed by atoms with E-state index < -0.39 is 5.97 Å². The van der Waals surface area contributed by atoms with Crippen LogP contribution >= 0.6 is 0 Å². The van der Waals surface area contributed by atoms with Crippen LogP contribution < -0.4 is 5.32 Å². The summed E-state index contributed by atoms with van der Waals surface area (Å²) in [5.41, 5.74) is 3.02. The summed E-state index contributed by atoms with van der Waals surface area (Å²) in [4.78, 5) is 15.9. The lowest BCUT2D eigenvalue weighted by Crippen LogP contribution is -2.12. The number of nitrogens with zero attached hydrogens (tertiary/aromatic N) is 3. The molecule has 1 aliphatic rings. The monoisotopic (exact) mass is 272 g/mol. The molecule has 0 radical (unpaired) electrons. The van der Waals surface area contributed by atoms with Crippen molar-refractivity contribution in [2.24, 2.45) is 7.05 Å². The van der Waals surface area contributed by atoms with Crippen LogP contribution in [0.5, 0.6) is 0 Å². The van der Waals surface area contributed by atoms with Gasteiger partial charge in [-0.2, -0.15) is 5.10 Å². The van der Waals surface area contributed by atoms with E-state index in [1.54, 1.807) is 23.1 Å². The number of aromatic nitrogens is 3. The highest BCUT2D eigenvalue weighted by Gasteiger charge is 2.19. The van der Waals surface area contributed by atoms with Crippen molar-refractivity contribution in [1.82, 2.24) is 14.8 Å². The molecule has 0 aromatic carbocycles. The molecule has 20 heavy (non-hydrogen) atoms. The lowest BCUT2D eigenvalue weighted by Gasteiger charge is -2.17. The number of nitrogens with one attached hydrogen (secondary N) is 1. The van der Waals surface area contributed by atoms with Gasteiger partial charge >= 0.3 is 5.97 Å². The number of hydrogen-bond donors (Lipinski definition) is 2. The molecule has 0 saturated heterocycles. The lowest BCUT2D eigenvalue weighted by atomic mass is 9.94. The van der Waals surface area contributed by atoms with Crippen LogP contribution in [0.1, 0.15) is 34.5 Å². The minimum Gasteiger partial charge on any atom is -0.478 e. The van der Waals surface area contributed by atoms with Gasteiger partial charge in [-0.25, -0.2) is 9.78 Å². The van der Waals surface area contributed by atoms with Crippen molar-refractivity contribution in [3.05, 3.63) is 35.3 Å². The molecule has 104 valence electrons. The van der Waals surface area contributed by atoms with E-state index in [9.17, 15) is 9.90 Å². The van der Waals surface area contributed by atoms with Gasteiger partial charge in [-0.3, -0.25) is 4.68 Å². The van der Waals surface area contributed by atoms with Crippen molar-refractivity contribution >= 4 is 17.5 Å². The van der Waals surface area contributed by atoms with E-state index in [-0.39, 0.29) is 5.56 Å². The first kappa shape index (κ1) is 12.7. The first-order chi connectivity index (χ1) is 9.63. The van der Waals surface area contributed by atoms with E-state index in [2.05, 4.69) is 15.4 Å².